The van der Waals surface area contributed by atoms with E-state index in [9.17, 15) is 0 Å². The van der Waals surface area contributed by atoms with Gasteiger partial charge >= 0.3 is 0 Å². The molecular formula is C13H30Cl2N2. The standard InChI is InChI=1S/C13H28N2.2ClH/c1-3-10-15(11-4-2)12-7-13-5-8-14-9-6-13;;/h13-14H,3-12H2,1-2H3;2*1H. The van der Waals surface area contributed by atoms with Gasteiger partial charge in [-0.25, -0.2) is 0 Å². The van der Waals surface area contributed by atoms with Gasteiger partial charge in [-0.1, -0.05) is 13.8 Å². The van der Waals surface area contributed by atoms with Crippen LogP contribution in [0.2, 0.25) is 0 Å². The van der Waals surface area contributed by atoms with Crippen molar-refractivity contribution < 1.29 is 0 Å². The van der Waals surface area contributed by atoms with E-state index in [-0.39, 0.29) is 24.8 Å². The Bertz CT molecular complexity index is 144. The molecule has 1 rings (SSSR count). The number of nitrogens with one attached hydrogen (secondary N) is 1. The van der Waals surface area contributed by atoms with E-state index in [0.29, 0.717) is 0 Å². The molecular weight excluding hydrogens is 255 g/mol. The predicted molar refractivity (Wildman–Crippen MR) is 81.7 cm³/mol. The molecule has 0 unspecified atom stereocenters. The minimum atomic E-state index is 0. The number of hydrogen-bond donors (Lipinski definition) is 1. The van der Waals surface area contributed by atoms with Crippen LogP contribution < -0.4 is 5.32 Å². The van der Waals surface area contributed by atoms with Gasteiger partial charge in [-0.2, -0.15) is 0 Å². The second-order valence-corrected chi connectivity index (χ2v) is 4.82. The van der Waals surface area contributed by atoms with Gasteiger partial charge in [0.05, 0.1) is 0 Å². The lowest BCUT2D eigenvalue weighted by Crippen LogP contribution is -2.32. The van der Waals surface area contributed by atoms with Crippen molar-refractivity contribution in [2.45, 2.75) is 46.0 Å². The van der Waals surface area contributed by atoms with Crippen molar-refractivity contribution in [3.63, 3.8) is 0 Å². The third-order valence-corrected chi connectivity index (χ3v) is 3.39. The van der Waals surface area contributed by atoms with Crippen LogP contribution in [0.25, 0.3) is 0 Å². The maximum Gasteiger partial charge on any atom is -0.00161 e. The first-order chi connectivity index (χ1) is 7.36. The molecule has 1 N–H and O–H groups in total. The Hall–Kier alpha value is 0.500. The molecule has 1 aliphatic rings. The first-order valence-corrected chi connectivity index (χ1v) is 6.79. The van der Waals surface area contributed by atoms with Gasteiger partial charge in [-0.05, 0) is 70.7 Å². The van der Waals surface area contributed by atoms with E-state index < -0.39 is 0 Å². The van der Waals surface area contributed by atoms with Crippen molar-refractivity contribution in [3.8, 4) is 0 Å². The summed E-state index contributed by atoms with van der Waals surface area (Å²) >= 11 is 0. The molecule has 1 heterocycles. The van der Waals surface area contributed by atoms with Crippen LogP contribution in [-0.2, 0) is 0 Å². The van der Waals surface area contributed by atoms with Crippen molar-refractivity contribution in [3.05, 3.63) is 0 Å². The van der Waals surface area contributed by atoms with Crippen LogP contribution in [0, 0.1) is 5.92 Å². The Morgan fingerprint density at radius 1 is 0.941 bits per heavy atom. The van der Waals surface area contributed by atoms with Gasteiger partial charge in [0.1, 0.15) is 0 Å². The molecule has 0 aromatic carbocycles. The average molecular weight is 285 g/mol. The summed E-state index contributed by atoms with van der Waals surface area (Å²) in [6, 6.07) is 0. The summed E-state index contributed by atoms with van der Waals surface area (Å²) in [5, 5.41) is 3.44. The molecule has 4 heteroatoms. The Kier molecular flexibility index (Phi) is 15.1. The lowest BCUT2D eigenvalue weighted by molar-refractivity contribution is 0.235. The monoisotopic (exact) mass is 284 g/mol. The highest BCUT2D eigenvalue weighted by Gasteiger charge is 2.13. The molecule has 1 aliphatic heterocycles. The molecule has 0 aromatic rings. The molecule has 0 spiro atoms. The third-order valence-electron chi connectivity index (χ3n) is 3.39. The number of nitrogens with zero attached hydrogens (tertiary/aromatic N) is 1. The van der Waals surface area contributed by atoms with E-state index in [1.54, 1.807) is 0 Å². The van der Waals surface area contributed by atoms with E-state index in [4.69, 9.17) is 0 Å². The summed E-state index contributed by atoms with van der Waals surface area (Å²) in [7, 11) is 0. The van der Waals surface area contributed by atoms with Crippen LogP contribution in [-0.4, -0.2) is 37.6 Å². The van der Waals surface area contributed by atoms with Crippen molar-refractivity contribution in [2.24, 2.45) is 5.92 Å². The normalized spacial score (nSPS) is 16.4. The van der Waals surface area contributed by atoms with Crippen LogP contribution >= 0.6 is 24.8 Å². The van der Waals surface area contributed by atoms with Crippen LogP contribution in [0.4, 0.5) is 0 Å². The number of halogens is 2. The first-order valence-electron chi connectivity index (χ1n) is 6.79. The molecule has 106 valence electrons. The van der Waals surface area contributed by atoms with Crippen molar-refractivity contribution in [1.29, 1.82) is 0 Å². The molecule has 17 heavy (non-hydrogen) atoms. The summed E-state index contributed by atoms with van der Waals surface area (Å²) < 4.78 is 0. The van der Waals surface area contributed by atoms with E-state index in [2.05, 4.69) is 24.1 Å². The first kappa shape index (κ1) is 19.8. The zero-order chi connectivity index (χ0) is 10.9. The minimum absolute atomic E-state index is 0. The highest BCUT2D eigenvalue weighted by Crippen LogP contribution is 2.16. The zero-order valence-corrected chi connectivity index (χ0v) is 13.0. The fourth-order valence-corrected chi connectivity index (χ4v) is 2.50. The third kappa shape index (κ3) is 9.12. The van der Waals surface area contributed by atoms with Crippen LogP contribution in [0.3, 0.4) is 0 Å². The Balaban J connectivity index is 0. The van der Waals surface area contributed by atoms with E-state index in [0.717, 1.165) is 5.92 Å². The van der Waals surface area contributed by atoms with Crippen molar-refractivity contribution in [2.75, 3.05) is 32.7 Å². The topological polar surface area (TPSA) is 15.3 Å². The summed E-state index contributed by atoms with van der Waals surface area (Å²) in [5.74, 6) is 0.988. The molecule has 0 radical (unpaired) electrons. The molecule has 1 fully saturated rings. The largest absolute Gasteiger partial charge is 0.317 e. The summed E-state index contributed by atoms with van der Waals surface area (Å²) in [6.07, 6.45) is 6.80. The number of piperidine rings is 1. The molecule has 0 aliphatic carbocycles. The summed E-state index contributed by atoms with van der Waals surface area (Å²) in [4.78, 5) is 2.64. The highest BCUT2D eigenvalue weighted by atomic mass is 35.5. The summed E-state index contributed by atoms with van der Waals surface area (Å²) in [5.41, 5.74) is 0. The Labute approximate surface area is 120 Å². The Morgan fingerprint density at radius 3 is 1.94 bits per heavy atom. The van der Waals surface area contributed by atoms with Crippen molar-refractivity contribution in [1.82, 2.24) is 10.2 Å². The van der Waals surface area contributed by atoms with Gasteiger partial charge in [0.15, 0.2) is 0 Å². The number of hydrogen-bond acceptors (Lipinski definition) is 2. The quantitative estimate of drug-likeness (QED) is 0.771. The van der Waals surface area contributed by atoms with Gasteiger partial charge < -0.3 is 10.2 Å². The van der Waals surface area contributed by atoms with Gasteiger partial charge in [0, 0.05) is 0 Å². The molecule has 0 bridgehead atoms. The second kappa shape index (κ2) is 12.9. The van der Waals surface area contributed by atoms with E-state index in [1.807, 2.05) is 0 Å². The molecule has 0 atom stereocenters. The van der Waals surface area contributed by atoms with Crippen LogP contribution in [0.1, 0.15) is 46.0 Å². The maximum atomic E-state index is 3.44. The fourth-order valence-electron chi connectivity index (χ4n) is 2.50. The predicted octanol–water partition coefficient (Wildman–Crippen LogP) is 3.34. The van der Waals surface area contributed by atoms with Gasteiger partial charge in [0.25, 0.3) is 0 Å². The van der Waals surface area contributed by atoms with E-state index >= 15 is 0 Å². The molecule has 0 amide bonds. The lowest BCUT2D eigenvalue weighted by Gasteiger charge is -2.27. The average Bonchev–Trinajstić information content (AvgIpc) is 2.28. The number of rotatable bonds is 7. The van der Waals surface area contributed by atoms with Gasteiger partial charge in [-0.3, -0.25) is 0 Å². The van der Waals surface area contributed by atoms with Crippen molar-refractivity contribution >= 4 is 24.8 Å². The van der Waals surface area contributed by atoms with E-state index in [1.165, 1.54) is 64.8 Å². The molecule has 1 saturated heterocycles. The highest BCUT2D eigenvalue weighted by molar-refractivity contribution is 5.85. The van der Waals surface area contributed by atoms with Crippen LogP contribution in [0.5, 0.6) is 0 Å². The SMILES string of the molecule is CCCN(CCC)CCC1CCNCC1.Cl.Cl. The minimum Gasteiger partial charge on any atom is -0.317 e. The summed E-state index contributed by atoms with van der Waals surface area (Å²) in [6.45, 7) is 11.0. The molecule has 0 aromatic heterocycles. The molecule has 0 saturated carbocycles. The zero-order valence-electron chi connectivity index (χ0n) is 11.4. The van der Waals surface area contributed by atoms with Crippen LogP contribution in [0.15, 0.2) is 0 Å². The van der Waals surface area contributed by atoms with Gasteiger partial charge in [0.2, 0.25) is 0 Å². The maximum absolute atomic E-state index is 3.44. The second-order valence-electron chi connectivity index (χ2n) is 4.82. The van der Waals surface area contributed by atoms with Gasteiger partial charge in [-0.15, -0.1) is 24.8 Å². The fraction of sp³-hybridized carbons (Fsp3) is 1.00. The Morgan fingerprint density at radius 2 is 1.47 bits per heavy atom. The smallest absolute Gasteiger partial charge is 0.00161 e. The molecule has 2 nitrogen and oxygen atoms in total. The lowest BCUT2D eigenvalue weighted by atomic mass is 9.94.